The van der Waals surface area contributed by atoms with Gasteiger partial charge in [-0.1, -0.05) is 6.92 Å². The molecule has 0 aliphatic rings. The van der Waals surface area contributed by atoms with Crippen LogP contribution in [0, 0.1) is 0 Å². The molecule has 0 saturated heterocycles. The van der Waals surface area contributed by atoms with E-state index in [1.54, 1.807) is 4.90 Å². The molecular weight excluding hydrogens is 169 g/mol. The van der Waals surface area contributed by atoms with Crippen LogP contribution in [0.15, 0.2) is 0 Å². The highest BCUT2D eigenvalue weighted by atomic mass is 19.4. The third-order valence-electron chi connectivity index (χ3n) is 1.60. The predicted octanol–water partition coefficient (Wildman–Crippen LogP) is 1.22. The van der Waals surface area contributed by atoms with Crippen LogP contribution in [-0.4, -0.2) is 37.3 Å². The van der Waals surface area contributed by atoms with Gasteiger partial charge in [0.05, 0.1) is 6.42 Å². The number of hydrogen-bond acceptors (Lipinski definition) is 2. The highest BCUT2D eigenvalue weighted by Crippen LogP contribution is 2.19. The van der Waals surface area contributed by atoms with Crippen molar-refractivity contribution in [3.8, 4) is 0 Å². The zero-order valence-corrected chi connectivity index (χ0v) is 7.19. The molecule has 12 heavy (non-hydrogen) atoms. The van der Waals surface area contributed by atoms with Gasteiger partial charge < -0.3 is 10.6 Å². The van der Waals surface area contributed by atoms with Crippen LogP contribution >= 0.6 is 0 Å². The van der Waals surface area contributed by atoms with Crippen molar-refractivity contribution in [2.75, 3.05) is 26.2 Å². The Balaban J connectivity index is 3.58. The average Bonchev–Trinajstić information content (AvgIpc) is 1.96. The Bertz CT molecular complexity index is 114. The van der Waals surface area contributed by atoms with Crippen LogP contribution in [-0.2, 0) is 0 Å². The highest BCUT2D eigenvalue weighted by Gasteiger charge is 2.27. The van der Waals surface area contributed by atoms with Gasteiger partial charge in [-0.15, -0.1) is 0 Å². The standard InChI is InChI=1S/C7H15F3N2/c1-2-12(6-4-11)5-3-7(8,9)10/h2-6,11H2,1H3. The monoisotopic (exact) mass is 184 g/mol. The van der Waals surface area contributed by atoms with Crippen molar-refractivity contribution in [2.24, 2.45) is 5.73 Å². The van der Waals surface area contributed by atoms with Gasteiger partial charge in [-0.25, -0.2) is 0 Å². The summed E-state index contributed by atoms with van der Waals surface area (Å²) in [5.41, 5.74) is 5.22. The van der Waals surface area contributed by atoms with Crippen molar-refractivity contribution >= 4 is 0 Å². The van der Waals surface area contributed by atoms with Crippen molar-refractivity contribution in [3.63, 3.8) is 0 Å². The molecule has 0 radical (unpaired) electrons. The quantitative estimate of drug-likeness (QED) is 0.696. The molecule has 0 spiro atoms. The molecule has 0 amide bonds. The minimum atomic E-state index is -4.05. The molecule has 0 atom stereocenters. The van der Waals surface area contributed by atoms with Gasteiger partial charge in [-0.3, -0.25) is 0 Å². The first kappa shape index (κ1) is 11.7. The normalized spacial score (nSPS) is 12.5. The van der Waals surface area contributed by atoms with Gasteiger partial charge in [-0.2, -0.15) is 13.2 Å². The lowest BCUT2D eigenvalue weighted by molar-refractivity contribution is -0.137. The van der Waals surface area contributed by atoms with Crippen LogP contribution in [0.3, 0.4) is 0 Å². The van der Waals surface area contributed by atoms with E-state index in [2.05, 4.69) is 0 Å². The second-order valence-electron chi connectivity index (χ2n) is 2.59. The number of alkyl halides is 3. The number of halogens is 3. The highest BCUT2D eigenvalue weighted by molar-refractivity contribution is 4.59. The molecule has 0 aliphatic heterocycles. The zero-order valence-electron chi connectivity index (χ0n) is 7.19. The van der Waals surface area contributed by atoms with E-state index in [0.717, 1.165) is 0 Å². The molecular formula is C7H15F3N2. The number of likely N-dealkylation sites (N-methyl/N-ethyl adjacent to an activating group) is 1. The Morgan fingerprint density at radius 1 is 1.25 bits per heavy atom. The van der Waals surface area contributed by atoms with Crippen LogP contribution in [0.5, 0.6) is 0 Å². The number of nitrogens with two attached hydrogens (primary N) is 1. The van der Waals surface area contributed by atoms with Gasteiger partial charge in [0, 0.05) is 19.6 Å². The lowest BCUT2D eigenvalue weighted by atomic mass is 10.3. The number of rotatable bonds is 5. The molecule has 0 heterocycles. The Morgan fingerprint density at radius 2 is 1.83 bits per heavy atom. The first-order valence-electron chi connectivity index (χ1n) is 3.98. The van der Waals surface area contributed by atoms with E-state index in [0.29, 0.717) is 19.6 Å². The molecule has 5 heteroatoms. The summed E-state index contributed by atoms with van der Waals surface area (Å²) in [5, 5.41) is 0. The van der Waals surface area contributed by atoms with Crippen molar-refractivity contribution < 1.29 is 13.2 Å². The Morgan fingerprint density at radius 3 is 2.17 bits per heavy atom. The summed E-state index contributed by atoms with van der Waals surface area (Å²) in [6.07, 6.45) is -4.80. The Kier molecular flexibility index (Phi) is 5.24. The van der Waals surface area contributed by atoms with Gasteiger partial charge in [0.1, 0.15) is 0 Å². The molecule has 2 N–H and O–H groups in total. The maximum Gasteiger partial charge on any atom is 0.390 e. The molecule has 0 aliphatic carbocycles. The first-order chi connectivity index (χ1) is 5.49. The van der Waals surface area contributed by atoms with Crippen LogP contribution in [0.4, 0.5) is 13.2 Å². The fraction of sp³-hybridized carbons (Fsp3) is 1.00. The van der Waals surface area contributed by atoms with Crippen LogP contribution in [0.2, 0.25) is 0 Å². The third-order valence-corrected chi connectivity index (χ3v) is 1.60. The van der Waals surface area contributed by atoms with Gasteiger partial charge in [-0.05, 0) is 6.54 Å². The van der Waals surface area contributed by atoms with Crippen molar-refractivity contribution in [1.29, 1.82) is 0 Å². The molecule has 0 aromatic heterocycles. The SMILES string of the molecule is CCN(CCN)CCC(F)(F)F. The maximum absolute atomic E-state index is 11.7. The summed E-state index contributed by atoms with van der Waals surface area (Å²) in [6.45, 7) is 3.44. The summed E-state index contributed by atoms with van der Waals surface area (Å²) in [6, 6.07) is 0. The lowest BCUT2D eigenvalue weighted by Crippen LogP contribution is -2.32. The van der Waals surface area contributed by atoms with E-state index in [1.807, 2.05) is 6.92 Å². The van der Waals surface area contributed by atoms with Gasteiger partial charge in [0.2, 0.25) is 0 Å². The summed E-state index contributed by atoms with van der Waals surface area (Å²) < 4.78 is 35.2. The molecule has 0 fully saturated rings. The third kappa shape index (κ3) is 6.42. The molecule has 74 valence electrons. The minimum Gasteiger partial charge on any atom is -0.329 e. The molecule has 0 aromatic carbocycles. The van der Waals surface area contributed by atoms with Crippen LogP contribution in [0.1, 0.15) is 13.3 Å². The maximum atomic E-state index is 11.7. The Hall–Kier alpha value is -0.290. The topological polar surface area (TPSA) is 29.3 Å². The lowest BCUT2D eigenvalue weighted by Gasteiger charge is -2.19. The molecule has 0 saturated carbocycles. The molecule has 0 unspecified atom stereocenters. The fourth-order valence-electron chi connectivity index (χ4n) is 0.895. The summed E-state index contributed by atoms with van der Waals surface area (Å²) >= 11 is 0. The Labute approximate surface area is 70.5 Å². The van der Waals surface area contributed by atoms with E-state index in [9.17, 15) is 13.2 Å². The van der Waals surface area contributed by atoms with E-state index < -0.39 is 12.6 Å². The average molecular weight is 184 g/mol. The summed E-state index contributed by atoms with van der Waals surface area (Å²) in [4.78, 5) is 1.69. The largest absolute Gasteiger partial charge is 0.390 e. The summed E-state index contributed by atoms with van der Waals surface area (Å²) in [7, 11) is 0. The van der Waals surface area contributed by atoms with Crippen molar-refractivity contribution in [2.45, 2.75) is 19.5 Å². The predicted molar refractivity (Wildman–Crippen MR) is 41.8 cm³/mol. The van der Waals surface area contributed by atoms with Gasteiger partial charge in [0.25, 0.3) is 0 Å². The van der Waals surface area contributed by atoms with Crippen LogP contribution < -0.4 is 5.73 Å². The minimum absolute atomic E-state index is 0.0528. The van der Waals surface area contributed by atoms with E-state index in [-0.39, 0.29) is 6.54 Å². The molecule has 2 nitrogen and oxygen atoms in total. The molecule has 0 rings (SSSR count). The van der Waals surface area contributed by atoms with E-state index >= 15 is 0 Å². The number of nitrogens with zero attached hydrogens (tertiary/aromatic N) is 1. The van der Waals surface area contributed by atoms with E-state index in [1.165, 1.54) is 0 Å². The van der Waals surface area contributed by atoms with Crippen molar-refractivity contribution in [3.05, 3.63) is 0 Å². The second kappa shape index (κ2) is 5.37. The van der Waals surface area contributed by atoms with Crippen molar-refractivity contribution in [1.82, 2.24) is 4.90 Å². The molecule has 0 bridgehead atoms. The smallest absolute Gasteiger partial charge is 0.329 e. The van der Waals surface area contributed by atoms with Crippen LogP contribution in [0.25, 0.3) is 0 Å². The second-order valence-corrected chi connectivity index (χ2v) is 2.59. The zero-order chi connectivity index (χ0) is 9.61. The number of hydrogen-bond donors (Lipinski definition) is 1. The van der Waals surface area contributed by atoms with Gasteiger partial charge >= 0.3 is 6.18 Å². The fourth-order valence-corrected chi connectivity index (χ4v) is 0.895. The summed E-state index contributed by atoms with van der Waals surface area (Å²) in [5.74, 6) is 0. The van der Waals surface area contributed by atoms with Gasteiger partial charge in [0.15, 0.2) is 0 Å². The molecule has 0 aromatic rings. The first-order valence-corrected chi connectivity index (χ1v) is 3.98. The van der Waals surface area contributed by atoms with E-state index in [4.69, 9.17) is 5.73 Å².